The lowest BCUT2D eigenvalue weighted by atomic mass is 10.2. The maximum Gasteiger partial charge on any atom is 0.289 e. The van der Waals surface area contributed by atoms with Crippen molar-refractivity contribution in [3.05, 3.63) is 116 Å². The predicted octanol–water partition coefficient (Wildman–Crippen LogP) is 5.65. The largest absolute Gasteiger partial charge is 0.318 e. The van der Waals surface area contributed by atoms with Crippen LogP contribution in [0.3, 0.4) is 0 Å². The smallest absolute Gasteiger partial charge is 0.289 e. The van der Waals surface area contributed by atoms with Crippen molar-refractivity contribution >= 4 is 56.7 Å². The summed E-state index contributed by atoms with van der Waals surface area (Å²) in [6.45, 7) is 3.10. The molecule has 1 amide bonds. The van der Waals surface area contributed by atoms with E-state index in [-0.39, 0.29) is 5.69 Å². The molecular weight excluding hydrogens is 577 g/mol. The van der Waals surface area contributed by atoms with Crippen LogP contribution in [0, 0.1) is 24.0 Å². The molecule has 0 spiro atoms. The van der Waals surface area contributed by atoms with Crippen LogP contribution in [-0.4, -0.2) is 36.6 Å². The van der Waals surface area contributed by atoms with Crippen LogP contribution in [0.25, 0.3) is 5.69 Å². The molecule has 0 aliphatic heterocycles. The molecule has 0 aliphatic rings. The minimum atomic E-state index is -4.49. The van der Waals surface area contributed by atoms with E-state index in [9.17, 15) is 23.3 Å². The van der Waals surface area contributed by atoms with Gasteiger partial charge in [0.05, 0.1) is 26.9 Å². The molecule has 0 saturated heterocycles. The van der Waals surface area contributed by atoms with Crippen molar-refractivity contribution in [1.82, 2.24) is 9.99 Å². The average Bonchev–Trinajstić information content (AvgIpc) is 3.21. The number of nitro benzene ring substituents is 1. The monoisotopic (exact) mass is 599 g/mol. The van der Waals surface area contributed by atoms with E-state index in [0.29, 0.717) is 15.6 Å². The molecule has 1 heterocycles. The molecule has 0 saturated carbocycles. The van der Waals surface area contributed by atoms with Crippen LogP contribution in [0.1, 0.15) is 17.0 Å². The summed E-state index contributed by atoms with van der Waals surface area (Å²) in [4.78, 5) is 23.1. The van der Waals surface area contributed by atoms with E-state index in [2.05, 4.69) is 10.5 Å². The Balaban J connectivity index is 1.58. The lowest BCUT2D eigenvalue weighted by Gasteiger charge is -2.23. The second kappa shape index (κ2) is 11.9. The third-order valence-electron chi connectivity index (χ3n) is 5.99. The first-order valence-corrected chi connectivity index (χ1v) is 14.0. The Kier molecular flexibility index (Phi) is 8.58. The molecule has 4 aromatic rings. The van der Waals surface area contributed by atoms with Crippen molar-refractivity contribution in [2.75, 3.05) is 10.8 Å². The molecule has 40 heavy (non-hydrogen) atoms. The Hall–Kier alpha value is -4.19. The van der Waals surface area contributed by atoms with Crippen LogP contribution in [0.15, 0.2) is 88.9 Å². The summed E-state index contributed by atoms with van der Waals surface area (Å²) in [6.07, 6.45) is 1.44. The number of nitrogens with one attached hydrogen (secondary N) is 1. The Bertz CT molecular complexity index is 1720. The number of nitrogens with zero attached hydrogens (tertiary/aromatic N) is 4. The molecule has 4 rings (SSSR count). The van der Waals surface area contributed by atoms with E-state index in [0.717, 1.165) is 33.5 Å². The van der Waals surface area contributed by atoms with Gasteiger partial charge in [-0.15, -0.1) is 0 Å². The summed E-state index contributed by atoms with van der Waals surface area (Å²) >= 11 is 12.2. The number of carbonyl (C=O) groups excluding carboxylic acids is 1. The number of para-hydroxylation sites is 2. The van der Waals surface area contributed by atoms with E-state index in [4.69, 9.17) is 23.2 Å². The fourth-order valence-electron chi connectivity index (χ4n) is 4.13. The number of aromatic nitrogens is 1. The van der Waals surface area contributed by atoms with Crippen molar-refractivity contribution in [2.24, 2.45) is 5.10 Å². The molecule has 0 aliphatic carbocycles. The van der Waals surface area contributed by atoms with Crippen LogP contribution in [0.4, 0.5) is 11.4 Å². The van der Waals surface area contributed by atoms with E-state index in [1.165, 1.54) is 30.5 Å². The number of aryl methyl sites for hydroxylation is 1. The van der Waals surface area contributed by atoms with Crippen molar-refractivity contribution < 1.29 is 18.1 Å². The highest BCUT2D eigenvalue weighted by molar-refractivity contribution is 7.93. The topological polar surface area (TPSA) is 127 Å². The zero-order valence-corrected chi connectivity index (χ0v) is 23.6. The Morgan fingerprint density at radius 2 is 1.70 bits per heavy atom. The van der Waals surface area contributed by atoms with Gasteiger partial charge < -0.3 is 4.57 Å². The van der Waals surface area contributed by atoms with E-state index in [1.54, 1.807) is 30.3 Å². The number of anilines is 1. The summed E-state index contributed by atoms with van der Waals surface area (Å²) in [5.41, 5.74) is 5.11. The molecule has 1 aromatic heterocycles. The number of halogens is 2. The standard InChI is InChI=1S/C27H23Cl2N5O5S/c1-18-14-20(19(2)33(18)22-12-13-23(28)24(29)15-22)16-30-31-27(35)17-32(21-8-4-3-5-9-21)40(38,39)26-11-7-6-10-25(26)34(36)37/h3-16H,17H2,1-2H3,(H,31,35)/b30-16+. The normalized spacial score (nSPS) is 11.5. The van der Waals surface area contributed by atoms with Gasteiger partial charge in [-0.25, -0.2) is 13.8 Å². The molecule has 13 heteroatoms. The average molecular weight is 600 g/mol. The van der Waals surface area contributed by atoms with Crippen molar-refractivity contribution in [2.45, 2.75) is 18.7 Å². The van der Waals surface area contributed by atoms with E-state index >= 15 is 0 Å². The van der Waals surface area contributed by atoms with Crippen LogP contribution in [-0.2, 0) is 14.8 Å². The minimum absolute atomic E-state index is 0.157. The molecule has 0 bridgehead atoms. The molecule has 0 radical (unpaired) electrons. The van der Waals surface area contributed by atoms with Gasteiger partial charge in [0.25, 0.3) is 21.6 Å². The van der Waals surface area contributed by atoms with Gasteiger partial charge in [-0.2, -0.15) is 5.10 Å². The number of hydrogen-bond donors (Lipinski definition) is 1. The van der Waals surface area contributed by atoms with Gasteiger partial charge in [0.2, 0.25) is 0 Å². The van der Waals surface area contributed by atoms with Crippen molar-refractivity contribution in [3.63, 3.8) is 0 Å². The first kappa shape index (κ1) is 28.8. The van der Waals surface area contributed by atoms with E-state index in [1.807, 2.05) is 30.5 Å². The number of carbonyl (C=O) groups is 1. The van der Waals surface area contributed by atoms with E-state index < -0.39 is 38.0 Å². The molecule has 3 aromatic carbocycles. The number of hydrazone groups is 1. The minimum Gasteiger partial charge on any atom is -0.318 e. The summed E-state index contributed by atoms with van der Waals surface area (Å²) in [5, 5.41) is 16.4. The van der Waals surface area contributed by atoms with Crippen LogP contribution in [0.5, 0.6) is 0 Å². The number of benzene rings is 3. The highest BCUT2D eigenvalue weighted by Crippen LogP contribution is 2.30. The summed E-state index contributed by atoms with van der Waals surface area (Å²) in [7, 11) is -4.49. The van der Waals surface area contributed by atoms with Crippen LogP contribution >= 0.6 is 23.2 Å². The second-order valence-electron chi connectivity index (χ2n) is 8.63. The lowest BCUT2D eigenvalue weighted by Crippen LogP contribution is -2.39. The maximum absolute atomic E-state index is 13.5. The van der Waals surface area contributed by atoms with Gasteiger partial charge in [-0.3, -0.25) is 19.2 Å². The Morgan fingerprint density at radius 3 is 2.38 bits per heavy atom. The zero-order chi connectivity index (χ0) is 29.0. The van der Waals surface area contributed by atoms with Crippen molar-refractivity contribution in [3.8, 4) is 5.69 Å². The number of sulfonamides is 1. The number of nitro groups is 1. The molecule has 10 nitrogen and oxygen atoms in total. The molecule has 0 unspecified atom stereocenters. The maximum atomic E-state index is 13.5. The fourth-order valence-corrected chi connectivity index (χ4v) is 6.01. The fraction of sp³-hybridized carbons (Fsp3) is 0.111. The third-order valence-corrected chi connectivity index (χ3v) is 8.55. The first-order chi connectivity index (χ1) is 19.0. The molecule has 1 N–H and O–H groups in total. The zero-order valence-electron chi connectivity index (χ0n) is 21.3. The quantitative estimate of drug-likeness (QED) is 0.151. The van der Waals surface area contributed by atoms with Gasteiger partial charge in [-0.1, -0.05) is 53.5 Å². The Morgan fingerprint density at radius 1 is 1.02 bits per heavy atom. The number of hydrogen-bond acceptors (Lipinski definition) is 6. The molecule has 206 valence electrons. The highest BCUT2D eigenvalue weighted by Gasteiger charge is 2.33. The second-order valence-corrected chi connectivity index (χ2v) is 11.3. The first-order valence-electron chi connectivity index (χ1n) is 11.8. The van der Waals surface area contributed by atoms with Crippen molar-refractivity contribution in [1.29, 1.82) is 0 Å². The van der Waals surface area contributed by atoms with Crippen LogP contribution < -0.4 is 9.73 Å². The van der Waals surface area contributed by atoms with Gasteiger partial charge in [-0.05, 0) is 56.3 Å². The highest BCUT2D eigenvalue weighted by atomic mass is 35.5. The van der Waals surface area contributed by atoms with Gasteiger partial charge in [0.1, 0.15) is 6.54 Å². The summed E-state index contributed by atoms with van der Waals surface area (Å²) < 4.78 is 29.8. The summed E-state index contributed by atoms with van der Waals surface area (Å²) in [5.74, 6) is -0.749. The number of rotatable bonds is 9. The number of amides is 1. The lowest BCUT2D eigenvalue weighted by molar-refractivity contribution is -0.387. The van der Waals surface area contributed by atoms with Gasteiger partial charge in [0, 0.05) is 28.7 Å². The van der Waals surface area contributed by atoms with Gasteiger partial charge >= 0.3 is 0 Å². The molecular formula is C27H23Cl2N5O5S. The Labute approximate surface area is 240 Å². The van der Waals surface area contributed by atoms with Gasteiger partial charge in [0.15, 0.2) is 4.90 Å². The third kappa shape index (κ3) is 6.01. The predicted molar refractivity (Wildman–Crippen MR) is 155 cm³/mol. The van der Waals surface area contributed by atoms with Crippen LogP contribution in [0.2, 0.25) is 10.0 Å². The molecule has 0 fully saturated rings. The SMILES string of the molecule is Cc1cc(/C=N/NC(=O)CN(c2ccccc2)S(=O)(=O)c2ccccc2[N+](=O)[O-])c(C)n1-c1ccc(Cl)c(Cl)c1. The summed E-state index contributed by atoms with van der Waals surface area (Å²) in [6, 6.07) is 19.9. The molecule has 0 atom stereocenters.